The van der Waals surface area contributed by atoms with Gasteiger partial charge in [0.05, 0.1) is 18.4 Å². The summed E-state index contributed by atoms with van der Waals surface area (Å²) in [6.45, 7) is 4.85. The van der Waals surface area contributed by atoms with Crippen molar-refractivity contribution in [2.24, 2.45) is 0 Å². The average molecular weight is 341 g/mol. The lowest BCUT2D eigenvalue weighted by Crippen LogP contribution is -2.47. The van der Waals surface area contributed by atoms with E-state index >= 15 is 0 Å². The molecule has 132 valence electrons. The Morgan fingerprint density at radius 1 is 1.12 bits per heavy atom. The highest BCUT2D eigenvalue weighted by Crippen LogP contribution is 2.28. The third-order valence-corrected chi connectivity index (χ3v) is 4.34. The molecule has 0 spiro atoms. The van der Waals surface area contributed by atoms with Gasteiger partial charge in [0.2, 0.25) is 0 Å². The molecule has 1 aliphatic rings. The van der Waals surface area contributed by atoms with E-state index in [-0.39, 0.29) is 5.97 Å². The molecule has 0 bridgehead atoms. The number of piperazine rings is 1. The summed E-state index contributed by atoms with van der Waals surface area (Å²) >= 11 is 0. The smallest absolute Gasteiger partial charge is 0.339 e. The molecule has 0 unspecified atom stereocenters. The van der Waals surface area contributed by atoms with Crippen molar-refractivity contribution in [1.29, 1.82) is 0 Å². The minimum Gasteiger partial charge on any atom is -0.495 e. The number of aromatic nitrogens is 1. The van der Waals surface area contributed by atoms with Crippen molar-refractivity contribution in [3.63, 3.8) is 0 Å². The fraction of sp³-hybridized carbons (Fsp3) is 0.368. The van der Waals surface area contributed by atoms with E-state index in [1.54, 1.807) is 25.4 Å². The van der Waals surface area contributed by atoms with Gasteiger partial charge in [-0.2, -0.15) is 0 Å². The summed E-state index contributed by atoms with van der Waals surface area (Å²) in [5, 5.41) is 0. The molecule has 3 rings (SSSR count). The van der Waals surface area contributed by atoms with E-state index < -0.39 is 0 Å². The van der Waals surface area contributed by atoms with Crippen molar-refractivity contribution in [2.45, 2.75) is 0 Å². The standard InChI is InChI=1S/C19H23N3O3/c1-24-18-7-3-2-6-17(18)22-11-9-21(10-12-22)13-14-25-19(23)16-5-4-8-20-15-16/h2-8,15H,9-14H2,1H3. The van der Waals surface area contributed by atoms with E-state index in [1.807, 2.05) is 18.2 Å². The molecule has 2 heterocycles. The number of hydrogen-bond donors (Lipinski definition) is 0. The van der Waals surface area contributed by atoms with Gasteiger partial charge in [0.15, 0.2) is 0 Å². The molecule has 1 fully saturated rings. The van der Waals surface area contributed by atoms with E-state index in [0.717, 1.165) is 44.2 Å². The van der Waals surface area contributed by atoms with Gasteiger partial charge in [-0.05, 0) is 24.3 Å². The zero-order valence-corrected chi connectivity index (χ0v) is 14.4. The number of nitrogens with zero attached hydrogens (tertiary/aromatic N) is 3. The van der Waals surface area contributed by atoms with Crippen LogP contribution < -0.4 is 9.64 Å². The topological polar surface area (TPSA) is 54.9 Å². The van der Waals surface area contributed by atoms with Crippen LogP contribution in [0.5, 0.6) is 5.75 Å². The Balaban J connectivity index is 1.43. The number of esters is 1. The zero-order chi connectivity index (χ0) is 17.5. The largest absolute Gasteiger partial charge is 0.495 e. The maximum absolute atomic E-state index is 11.9. The van der Waals surface area contributed by atoms with E-state index in [1.165, 1.54) is 6.20 Å². The third kappa shape index (κ3) is 4.48. The molecule has 0 radical (unpaired) electrons. The van der Waals surface area contributed by atoms with Crippen LogP contribution >= 0.6 is 0 Å². The molecule has 1 aliphatic heterocycles. The fourth-order valence-electron chi connectivity index (χ4n) is 2.94. The highest BCUT2D eigenvalue weighted by Gasteiger charge is 2.19. The van der Waals surface area contributed by atoms with Crippen molar-refractivity contribution in [3.05, 3.63) is 54.4 Å². The van der Waals surface area contributed by atoms with Crippen LogP contribution in [-0.2, 0) is 4.74 Å². The van der Waals surface area contributed by atoms with Crippen molar-refractivity contribution in [2.75, 3.05) is 51.3 Å². The SMILES string of the molecule is COc1ccccc1N1CCN(CCOC(=O)c2cccnc2)CC1. The lowest BCUT2D eigenvalue weighted by molar-refractivity contribution is 0.0458. The van der Waals surface area contributed by atoms with E-state index in [2.05, 4.69) is 20.9 Å². The molecular formula is C19H23N3O3. The van der Waals surface area contributed by atoms with Crippen molar-refractivity contribution in [1.82, 2.24) is 9.88 Å². The normalized spacial score (nSPS) is 15.0. The number of para-hydroxylation sites is 2. The summed E-state index contributed by atoms with van der Waals surface area (Å²) in [5.41, 5.74) is 1.62. The van der Waals surface area contributed by atoms with Gasteiger partial charge in [-0.3, -0.25) is 9.88 Å². The molecule has 2 aromatic rings. The Kier molecular flexibility index (Phi) is 5.85. The van der Waals surface area contributed by atoms with E-state index in [9.17, 15) is 4.79 Å². The highest BCUT2D eigenvalue weighted by atomic mass is 16.5. The molecule has 0 saturated carbocycles. The molecule has 0 aliphatic carbocycles. The molecule has 0 atom stereocenters. The van der Waals surface area contributed by atoms with Crippen LogP contribution in [0.4, 0.5) is 5.69 Å². The minimum atomic E-state index is -0.319. The number of ether oxygens (including phenoxy) is 2. The van der Waals surface area contributed by atoms with Gasteiger partial charge >= 0.3 is 5.97 Å². The second-order valence-electron chi connectivity index (χ2n) is 5.88. The maximum atomic E-state index is 11.9. The predicted octanol–water partition coefficient (Wildman–Crippen LogP) is 2.07. The van der Waals surface area contributed by atoms with Gasteiger partial charge in [0.1, 0.15) is 12.4 Å². The van der Waals surface area contributed by atoms with Crippen LogP contribution in [0.25, 0.3) is 0 Å². The number of anilines is 1. The number of carbonyl (C=O) groups excluding carboxylic acids is 1. The van der Waals surface area contributed by atoms with Crippen LogP contribution in [-0.4, -0.2) is 62.3 Å². The van der Waals surface area contributed by atoms with Crippen LogP contribution in [0.2, 0.25) is 0 Å². The number of rotatable bonds is 6. The third-order valence-electron chi connectivity index (χ3n) is 4.34. The monoisotopic (exact) mass is 341 g/mol. The van der Waals surface area contributed by atoms with Gasteiger partial charge in [-0.25, -0.2) is 4.79 Å². The molecule has 1 aromatic heterocycles. The summed E-state index contributed by atoms with van der Waals surface area (Å²) in [7, 11) is 1.70. The molecule has 0 N–H and O–H groups in total. The molecule has 0 amide bonds. The second-order valence-corrected chi connectivity index (χ2v) is 5.88. The fourth-order valence-corrected chi connectivity index (χ4v) is 2.94. The molecule has 1 aromatic carbocycles. The second kappa shape index (κ2) is 8.48. The van der Waals surface area contributed by atoms with Gasteiger partial charge in [0, 0.05) is 45.1 Å². The number of methoxy groups -OCH3 is 1. The Bertz CT molecular complexity index is 685. The number of pyridine rings is 1. The molecule has 6 nitrogen and oxygen atoms in total. The Hall–Kier alpha value is -2.60. The molecule has 6 heteroatoms. The summed E-state index contributed by atoms with van der Waals surface area (Å²) in [4.78, 5) is 20.5. The first kappa shape index (κ1) is 17.2. The van der Waals surface area contributed by atoms with E-state index in [0.29, 0.717) is 12.2 Å². The minimum absolute atomic E-state index is 0.319. The van der Waals surface area contributed by atoms with Crippen molar-refractivity contribution >= 4 is 11.7 Å². The van der Waals surface area contributed by atoms with Gasteiger partial charge in [0.25, 0.3) is 0 Å². The molecule has 25 heavy (non-hydrogen) atoms. The molecule has 1 saturated heterocycles. The summed E-state index contributed by atoms with van der Waals surface area (Å²) in [6, 6.07) is 11.5. The lowest BCUT2D eigenvalue weighted by atomic mass is 10.2. The highest BCUT2D eigenvalue weighted by molar-refractivity contribution is 5.88. The van der Waals surface area contributed by atoms with Gasteiger partial charge in [-0.15, -0.1) is 0 Å². The predicted molar refractivity (Wildman–Crippen MR) is 96.2 cm³/mol. The lowest BCUT2D eigenvalue weighted by Gasteiger charge is -2.36. The summed E-state index contributed by atoms with van der Waals surface area (Å²) in [5.74, 6) is 0.585. The van der Waals surface area contributed by atoms with Gasteiger partial charge in [-0.1, -0.05) is 12.1 Å². The first-order valence-corrected chi connectivity index (χ1v) is 8.45. The van der Waals surface area contributed by atoms with Crippen LogP contribution in [0, 0.1) is 0 Å². The summed E-state index contributed by atoms with van der Waals surface area (Å²) in [6.07, 6.45) is 3.16. The van der Waals surface area contributed by atoms with E-state index in [4.69, 9.17) is 9.47 Å². The first-order valence-electron chi connectivity index (χ1n) is 8.45. The van der Waals surface area contributed by atoms with Gasteiger partial charge < -0.3 is 14.4 Å². The van der Waals surface area contributed by atoms with Crippen LogP contribution in [0.3, 0.4) is 0 Å². The van der Waals surface area contributed by atoms with Crippen LogP contribution in [0.15, 0.2) is 48.8 Å². The number of carbonyl (C=O) groups is 1. The van der Waals surface area contributed by atoms with Crippen molar-refractivity contribution < 1.29 is 14.3 Å². The zero-order valence-electron chi connectivity index (χ0n) is 14.4. The summed E-state index contributed by atoms with van der Waals surface area (Å²) < 4.78 is 10.8. The molecular weight excluding hydrogens is 318 g/mol. The average Bonchev–Trinajstić information content (AvgIpc) is 2.69. The Labute approximate surface area is 148 Å². The Morgan fingerprint density at radius 3 is 2.64 bits per heavy atom. The quantitative estimate of drug-likeness (QED) is 0.750. The number of hydrogen-bond acceptors (Lipinski definition) is 6. The van der Waals surface area contributed by atoms with Crippen LogP contribution in [0.1, 0.15) is 10.4 Å². The maximum Gasteiger partial charge on any atom is 0.339 e. The van der Waals surface area contributed by atoms with Crippen molar-refractivity contribution in [3.8, 4) is 5.75 Å². The Morgan fingerprint density at radius 2 is 1.92 bits per heavy atom. The first-order chi connectivity index (χ1) is 12.3. The number of benzene rings is 1.